The van der Waals surface area contributed by atoms with E-state index in [2.05, 4.69) is 0 Å². The van der Waals surface area contributed by atoms with Crippen LogP contribution >= 0.6 is 0 Å². The number of unbranched alkanes of at least 4 members (excludes halogenated alkanes) is 2. The molecule has 0 saturated heterocycles. The van der Waals surface area contributed by atoms with Gasteiger partial charge in [0.1, 0.15) is 0 Å². The van der Waals surface area contributed by atoms with E-state index in [1.165, 1.54) is 11.1 Å². The summed E-state index contributed by atoms with van der Waals surface area (Å²) in [6, 6.07) is 11.5. The van der Waals surface area contributed by atoms with Crippen molar-refractivity contribution in [3.05, 3.63) is 47.5 Å². The lowest BCUT2D eigenvalue weighted by atomic mass is 10.1. The number of aryl methyl sites for hydroxylation is 2. The molecule has 5 nitrogen and oxygen atoms in total. The first-order chi connectivity index (χ1) is 12.0. The van der Waals surface area contributed by atoms with Crippen LogP contribution in [0.3, 0.4) is 0 Å². The minimum Gasteiger partial charge on any atom is -0.399 e. The van der Waals surface area contributed by atoms with Gasteiger partial charge in [0, 0.05) is 36.0 Å². The fourth-order valence-electron chi connectivity index (χ4n) is 2.95. The molecule has 0 fully saturated rings. The van der Waals surface area contributed by atoms with Crippen molar-refractivity contribution in [2.45, 2.75) is 38.5 Å². The molecule has 0 aliphatic carbocycles. The van der Waals surface area contributed by atoms with Crippen LogP contribution in [0.15, 0.2) is 36.4 Å². The normalized spacial score (nSPS) is 10.9. The van der Waals surface area contributed by atoms with Gasteiger partial charge in [-0.2, -0.15) is 0 Å². The summed E-state index contributed by atoms with van der Waals surface area (Å²) >= 11 is 0. The Morgan fingerprint density at radius 3 is 1.24 bits per heavy atom. The average molecular weight is 342 g/mol. The highest BCUT2D eigenvalue weighted by molar-refractivity contribution is 5.55. The van der Waals surface area contributed by atoms with Gasteiger partial charge in [0.05, 0.1) is 0 Å². The van der Waals surface area contributed by atoms with Crippen molar-refractivity contribution in [3.8, 4) is 0 Å². The molecule has 0 bridgehead atoms. The van der Waals surface area contributed by atoms with E-state index in [4.69, 9.17) is 27.7 Å². The standard InChI is InChI=1S/C20H30N4O/c21-17-9-15(10-18(22)13-17)5-1-3-7-25-8-4-2-6-16-11-19(23)14-20(24)12-16/h9-14H,1-8,21-24H2. The fraction of sp³-hybridized carbons (Fsp3) is 0.400. The Kier molecular flexibility index (Phi) is 7.41. The minimum atomic E-state index is 0.730. The minimum absolute atomic E-state index is 0.730. The van der Waals surface area contributed by atoms with Crippen LogP contribution in [0.5, 0.6) is 0 Å². The van der Waals surface area contributed by atoms with E-state index >= 15 is 0 Å². The molecular formula is C20H30N4O. The Morgan fingerprint density at radius 2 is 0.880 bits per heavy atom. The van der Waals surface area contributed by atoms with Crippen molar-refractivity contribution in [3.63, 3.8) is 0 Å². The monoisotopic (exact) mass is 342 g/mol. The second kappa shape index (κ2) is 9.79. The van der Waals surface area contributed by atoms with Gasteiger partial charge in [-0.25, -0.2) is 0 Å². The SMILES string of the molecule is Nc1cc(N)cc(CCCCOCCCCc2cc(N)cc(N)c2)c1. The largest absolute Gasteiger partial charge is 0.399 e. The number of benzene rings is 2. The third kappa shape index (κ3) is 7.35. The number of hydrogen-bond donors (Lipinski definition) is 4. The Balaban J connectivity index is 1.51. The Morgan fingerprint density at radius 1 is 0.520 bits per heavy atom. The lowest BCUT2D eigenvalue weighted by Crippen LogP contribution is -2.00. The zero-order valence-corrected chi connectivity index (χ0v) is 14.8. The van der Waals surface area contributed by atoms with Gasteiger partial charge in [0.25, 0.3) is 0 Å². The van der Waals surface area contributed by atoms with Gasteiger partial charge in [0.15, 0.2) is 0 Å². The van der Waals surface area contributed by atoms with Crippen molar-refractivity contribution in [2.75, 3.05) is 36.1 Å². The van der Waals surface area contributed by atoms with Crippen LogP contribution in [0, 0.1) is 0 Å². The summed E-state index contributed by atoms with van der Waals surface area (Å²) < 4.78 is 5.71. The maximum Gasteiger partial charge on any atom is 0.0466 e. The maximum atomic E-state index is 5.80. The van der Waals surface area contributed by atoms with Crippen molar-refractivity contribution in [1.29, 1.82) is 0 Å². The van der Waals surface area contributed by atoms with Gasteiger partial charge < -0.3 is 27.7 Å². The lowest BCUT2D eigenvalue weighted by molar-refractivity contribution is 0.127. The first kappa shape index (κ1) is 18.9. The van der Waals surface area contributed by atoms with Crippen molar-refractivity contribution < 1.29 is 4.74 Å². The van der Waals surface area contributed by atoms with Gasteiger partial charge in [-0.3, -0.25) is 0 Å². The molecule has 0 spiro atoms. The number of nitrogens with two attached hydrogens (primary N) is 4. The summed E-state index contributed by atoms with van der Waals surface area (Å²) in [6.45, 7) is 1.59. The van der Waals surface area contributed by atoms with Crippen molar-refractivity contribution in [2.24, 2.45) is 0 Å². The molecule has 0 saturated carbocycles. The highest BCUT2D eigenvalue weighted by Crippen LogP contribution is 2.16. The van der Waals surface area contributed by atoms with Gasteiger partial charge in [-0.1, -0.05) is 0 Å². The molecule has 5 heteroatoms. The predicted molar refractivity (Wildman–Crippen MR) is 107 cm³/mol. The number of rotatable bonds is 10. The summed E-state index contributed by atoms with van der Waals surface area (Å²) in [5, 5.41) is 0. The average Bonchev–Trinajstić information content (AvgIpc) is 2.51. The highest BCUT2D eigenvalue weighted by Gasteiger charge is 1.99. The zero-order valence-electron chi connectivity index (χ0n) is 14.8. The summed E-state index contributed by atoms with van der Waals surface area (Å²) in [5.41, 5.74) is 28.5. The topological polar surface area (TPSA) is 113 Å². The molecule has 0 aliphatic heterocycles. The quantitative estimate of drug-likeness (QED) is 0.390. The van der Waals surface area contributed by atoms with E-state index in [1.807, 2.05) is 24.3 Å². The zero-order chi connectivity index (χ0) is 18.1. The molecule has 0 radical (unpaired) electrons. The van der Waals surface area contributed by atoms with Crippen molar-refractivity contribution >= 4 is 22.7 Å². The molecule has 0 atom stereocenters. The molecular weight excluding hydrogens is 312 g/mol. The fourth-order valence-corrected chi connectivity index (χ4v) is 2.95. The van der Waals surface area contributed by atoms with Crippen LogP contribution in [-0.2, 0) is 17.6 Å². The first-order valence-corrected chi connectivity index (χ1v) is 8.90. The van der Waals surface area contributed by atoms with E-state index in [-0.39, 0.29) is 0 Å². The molecule has 2 aromatic carbocycles. The third-order valence-electron chi connectivity index (χ3n) is 4.08. The molecule has 25 heavy (non-hydrogen) atoms. The van der Waals surface area contributed by atoms with Crippen LogP contribution in [0.25, 0.3) is 0 Å². The second-order valence-corrected chi connectivity index (χ2v) is 6.54. The van der Waals surface area contributed by atoms with Gasteiger partial charge in [0.2, 0.25) is 0 Å². The number of nitrogen functional groups attached to an aromatic ring is 4. The molecule has 2 aromatic rings. The molecule has 136 valence electrons. The number of ether oxygens (including phenoxy) is 1. The summed E-state index contributed by atoms with van der Waals surface area (Å²) in [4.78, 5) is 0. The Bertz CT molecular complexity index is 575. The molecule has 0 heterocycles. The first-order valence-electron chi connectivity index (χ1n) is 8.90. The molecule has 0 aliphatic rings. The van der Waals surface area contributed by atoms with Crippen LogP contribution in [0.1, 0.15) is 36.8 Å². The van der Waals surface area contributed by atoms with E-state index in [1.54, 1.807) is 12.1 Å². The molecule has 0 unspecified atom stereocenters. The summed E-state index contributed by atoms with van der Waals surface area (Å²) in [7, 11) is 0. The smallest absolute Gasteiger partial charge is 0.0466 e. The van der Waals surface area contributed by atoms with Gasteiger partial charge in [-0.05, 0) is 86.1 Å². The van der Waals surface area contributed by atoms with E-state index in [0.717, 1.165) is 74.5 Å². The number of anilines is 4. The molecule has 8 N–H and O–H groups in total. The van der Waals surface area contributed by atoms with E-state index in [9.17, 15) is 0 Å². The summed E-state index contributed by atoms with van der Waals surface area (Å²) in [6.07, 6.45) is 6.20. The highest BCUT2D eigenvalue weighted by atomic mass is 16.5. The van der Waals surface area contributed by atoms with Crippen LogP contribution in [-0.4, -0.2) is 13.2 Å². The van der Waals surface area contributed by atoms with Gasteiger partial charge >= 0.3 is 0 Å². The Labute approximate surface area is 150 Å². The second-order valence-electron chi connectivity index (χ2n) is 6.54. The molecule has 2 rings (SSSR count). The van der Waals surface area contributed by atoms with Crippen LogP contribution < -0.4 is 22.9 Å². The molecule has 0 aromatic heterocycles. The van der Waals surface area contributed by atoms with Crippen molar-refractivity contribution in [1.82, 2.24) is 0 Å². The van der Waals surface area contributed by atoms with Gasteiger partial charge in [-0.15, -0.1) is 0 Å². The molecule has 0 amide bonds. The van der Waals surface area contributed by atoms with E-state index < -0.39 is 0 Å². The Hall–Kier alpha value is -2.40. The lowest BCUT2D eigenvalue weighted by Gasteiger charge is -2.07. The van der Waals surface area contributed by atoms with Crippen LogP contribution in [0.4, 0.5) is 22.7 Å². The third-order valence-corrected chi connectivity index (χ3v) is 4.08. The summed E-state index contributed by atoms with van der Waals surface area (Å²) in [5.74, 6) is 0. The van der Waals surface area contributed by atoms with E-state index in [0.29, 0.717) is 0 Å². The van der Waals surface area contributed by atoms with Crippen LogP contribution in [0.2, 0.25) is 0 Å². The predicted octanol–water partition coefficient (Wildman–Crippen LogP) is 3.38. The maximum absolute atomic E-state index is 5.80. The number of hydrogen-bond acceptors (Lipinski definition) is 5.